The number of nitrogen functional groups attached to an aromatic ring is 1. The quantitative estimate of drug-likeness (QED) is 0.839. The molecule has 1 saturated heterocycles. The summed E-state index contributed by atoms with van der Waals surface area (Å²) in [6, 6.07) is 8.55. The van der Waals surface area contributed by atoms with Crippen molar-refractivity contribution in [3.8, 4) is 11.5 Å². The van der Waals surface area contributed by atoms with E-state index in [1.165, 1.54) is 19.3 Å². The van der Waals surface area contributed by atoms with E-state index in [9.17, 15) is 0 Å². The lowest BCUT2D eigenvalue weighted by Crippen LogP contribution is -2.37. The Morgan fingerprint density at radius 2 is 2.00 bits per heavy atom. The van der Waals surface area contributed by atoms with Gasteiger partial charge >= 0.3 is 6.01 Å². The molecule has 1 fully saturated rings. The highest BCUT2D eigenvalue weighted by atomic mass is 16.4. The number of nitrogens with zero attached hydrogens (tertiary/aromatic N) is 3. The molecule has 2 N–H and O–H groups in total. The van der Waals surface area contributed by atoms with E-state index in [2.05, 4.69) is 22.0 Å². The minimum Gasteiger partial charge on any atom is -0.403 e. The molecule has 0 aliphatic carbocycles. The van der Waals surface area contributed by atoms with Crippen LogP contribution in [0, 0.1) is 0 Å². The highest BCUT2D eigenvalue weighted by molar-refractivity contribution is 5.57. The molecule has 0 saturated carbocycles. The average Bonchev–Trinajstić information content (AvgIpc) is 2.89. The number of piperidine rings is 1. The fraction of sp³-hybridized carbons (Fsp3) is 0.429. The molecule has 2 heterocycles. The van der Waals surface area contributed by atoms with Crippen molar-refractivity contribution in [2.75, 3.05) is 17.2 Å². The van der Waals surface area contributed by atoms with E-state index in [1.54, 1.807) is 0 Å². The third kappa shape index (κ3) is 2.41. The van der Waals surface area contributed by atoms with Crippen LogP contribution >= 0.6 is 0 Å². The third-order valence-electron chi connectivity index (χ3n) is 3.62. The van der Waals surface area contributed by atoms with Crippen LogP contribution in [0.25, 0.3) is 11.5 Å². The molecule has 3 rings (SSSR count). The number of benzene rings is 1. The number of rotatable bonds is 2. The van der Waals surface area contributed by atoms with Gasteiger partial charge in [0, 0.05) is 23.8 Å². The summed E-state index contributed by atoms with van der Waals surface area (Å²) in [7, 11) is 0. The molecule has 1 aliphatic heterocycles. The summed E-state index contributed by atoms with van der Waals surface area (Å²) < 4.78 is 5.78. The Labute approximate surface area is 112 Å². The van der Waals surface area contributed by atoms with E-state index >= 15 is 0 Å². The molecular weight excluding hydrogens is 240 g/mol. The molecule has 0 amide bonds. The average molecular weight is 258 g/mol. The topological polar surface area (TPSA) is 68.2 Å². The van der Waals surface area contributed by atoms with Crippen molar-refractivity contribution in [2.24, 2.45) is 0 Å². The van der Waals surface area contributed by atoms with Crippen LogP contribution in [-0.2, 0) is 0 Å². The van der Waals surface area contributed by atoms with E-state index in [0.29, 0.717) is 17.9 Å². The van der Waals surface area contributed by atoms with Crippen LogP contribution in [0.15, 0.2) is 28.7 Å². The lowest BCUT2D eigenvalue weighted by Gasteiger charge is -2.31. The van der Waals surface area contributed by atoms with Crippen molar-refractivity contribution in [1.29, 1.82) is 0 Å². The van der Waals surface area contributed by atoms with Crippen LogP contribution in [0.1, 0.15) is 26.2 Å². The van der Waals surface area contributed by atoms with Gasteiger partial charge in [0.25, 0.3) is 0 Å². The molecule has 0 bridgehead atoms. The monoisotopic (exact) mass is 258 g/mol. The Morgan fingerprint density at radius 3 is 2.74 bits per heavy atom. The maximum absolute atomic E-state index is 5.78. The van der Waals surface area contributed by atoms with Gasteiger partial charge in [-0.25, -0.2) is 0 Å². The van der Waals surface area contributed by atoms with Crippen LogP contribution in [0.5, 0.6) is 0 Å². The lowest BCUT2D eigenvalue weighted by molar-refractivity contribution is 0.438. The summed E-state index contributed by atoms with van der Waals surface area (Å²) in [6.07, 6.45) is 3.64. The van der Waals surface area contributed by atoms with Gasteiger partial charge in [0.1, 0.15) is 0 Å². The van der Waals surface area contributed by atoms with E-state index in [0.717, 1.165) is 17.8 Å². The molecule has 1 aromatic heterocycles. The smallest absolute Gasteiger partial charge is 0.318 e. The zero-order valence-corrected chi connectivity index (χ0v) is 11.0. The summed E-state index contributed by atoms with van der Waals surface area (Å²) in [5.41, 5.74) is 7.30. The minimum absolute atomic E-state index is 0.466. The third-order valence-corrected chi connectivity index (χ3v) is 3.62. The maximum atomic E-state index is 5.78. The van der Waals surface area contributed by atoms with Gasteiger partial charge in [0.2, 0.25) is 5.89 Å². The fourth-order valence-electron chi connectivity index (χ4n) is 2.46. The van der Waals surface area contributed by atoms with Crippen molar-refractivity contribution in [1.82, 2.24) is 10.2 Å². The van der Waals surface area contributed by atoms with E-state index < -0.39 is 0 Å². The molecular formula is C14H18N4O. The summed E-state index contributed by atoms with van der Waals surface area (Å²) in [5, 5.41) is 8.29. The number of hydrogen-bond acceptors (Lipinski definition) is 5. The van der Waals surface area contributed by atoms with Crippen LogP contribution in [0.4, 0.5) is 11.7 Å². The first-order valence-corrected chi connectivity index (χ1v) is 6.70. The molecule has 5 nitrogen and oxygen atoms in total. The predicted molar refractivity (Wildman–Crippen MR) is 74.8 cm³/mol. The van der Waals surface area contributed by atoms with E-state index in [-0.39, 0.29) is 0 Å². The van der Waals surface area contributed by atoms with Gasteiger partial charge in [-0.3, -0.25) is 0 Å². The van der Waals surface area contributed by atoms with Gasteiger partial charge < -0.3 is 15.1 Å². The van der Waals surface area contributed by atoms with E-state index in [4.69, 9.17) is 10.2 Å². The second kappa shape index (κ2) is 4.91. The SMILES string of the molecule is CC1CCCCN1c1nnc(-c2ccc(N)cc2)o1. The highest BCUT2D eigenvalue weighted by Gasteiger charge is 2.23. The maximum Gasteiger partial charge on any atom is 0.318 e. The second-order valence-electron chi connectivity index (χ2n) is 5.05. The standard InChI is InChI=1S/C14H18N4O/c1-10-4-2-3-9-18(10)14-17-16-13(19-14)11-5-7-12(15)8-6-11/h5-8,10H,2-4,9,15H2,1H3. The summed E-state index contributed by atoms with van der Waals surface area (Å²) in [5.74, 6) is 0.549. The number of nitrogens with two attached hydrogens (primary N) is 1. The van der Waals surface area contributed by atoms with Crippen LogP contribution in [0.2, 0.25) is 0 Å². The first kappa shape index (κ1) is 12.0. The fourth-order valence-corrected chi connectivity index (χ4v) is 2.46. The molecule has 1 aliphatic rings. The molecule has 2 aromatic rings. The van der Waals surface area contributed by atoms with Crippen LogP contribution in [-0.4, -0.2) is 22.8 Å². The Hall–Kier alpha value is -2.04. The number of aromatic nitrogens is 2. The van der Waals surface area contributed by atoms with Gasteiger partial charge in [-0.2, -0.15) is 0 Å². The molecule has 1 unspecified atom stereocenters. The van der Waals surface area contributed by atoms with Gasteiger partial charge in [-0.1, -0.05) is 5.10 Å². The molecule has 0 spiro atoms. The second-order valence-corrected chi connectivity index (χ2v) is 5.05. The van der Waals surface area contributed by atoms with Crippen molar-refractivity contribution in [3.63, 3.8) is 0 Å². The highest BCUT2D eigenvalue weighted by Crippen LogP contribution is 2.27. The Kier molecular flexibility index (Phi) is 3.11. The van der Waals surface area contributed by atoms with E-state index in [1.807, 2.05) is 24.3 Å². The zero-order valence-electron chi connectivity index (χ0n) is 11.0. The molecule has 19 heavy (non-hydrogen) atoms. The largest absolute Gasteiger partial charge is 0.403 e. The van der Waals surface area contributed by atoms with Crippen molar-refractivity contribution >= 4 is 11.7 Å². The van der Waals surface area contributed by atoms with Gasteiger partial charge in [-0.05, 0) is 50.5 Å². The van der Waals surface area contributed by atoms with Gasteiger partial charge in [0.05, 0.1) is 0 Å². The molecule has 0 radical (unpaired) electrons. The Balaban J connectivity index is 1.84. The molecule has 5 heteroatoms. The van der Waals surface area contributed by atoms with Crippen molar-refractivity contribution in [2.45, 2.75) is 32.2 Å². The zero-order chi connectivity index (χ0) is 13.2. The lowest BCUT2D eigenvalue weighted by atomic mass is 10.0. The Morgan fingerprint density at radius 1 is 1.21 bits per heavy atom. The molecule has 1 atom stereocenters. The minimum atomic E-state index is 0.466. The normalized spacial score (nSPS) is 19.6. The summed E-state index contributed by atoms with van der Waals surface area (Å²) in [4.78, 5) is 2.19. The molecule has 1 aromatic carbocycles. The Bertz CT molecular complexity index is 549. The van der Waals surface area contributed by atoms with Crippen LogP contribution in [0.3, 0.4) is 0 Å². The first-order valence-electron chi connectivity index (χ1n) is 6.70. The molecule has 100 valence electrons. The van der Waals surface area contributed by atoms with Gasteiger partial charge in [0.15, 0.2) is 0 Å². The van der Waals surface area contributed by atoms with Crippen molar-refractivity contribution < 1.29 is 4.42 Å². The predicted octanol–water partition coefficient (Wildman–Crippen LogP) is 2.70. The number of hydrogen-bond donors (Lipinski definition) is 1. The summed E-state index contributed by atoms with van der Waals surface area (Å²) in [6.45, 7) is 3.19. The van der Waals surface area contributed by atoms with Gasteiger partial charge in [-0.15, -0.1) is 5.10 Å². The number of anilines is 2. The van der Waals surface area contributed by atoms with Crippen molar-refractivity contribution in [3.05, 3.63) is 24.3 Å². The first-order chi connectivity index (χ1) is 9.24. The van der Waals surface area contributed by atoms with Crippen LogP contribution < -0.4 is 10.6 Å². The summed E-state index contributed by atoms with van der Waals surface area (Å²) >= 11 is 0.